The molecule has 0 bridgehead atoms. The fourth-order valence-electron chi connectivity index (χ4n) is 4.67. The van der Waals surface area contributed by atoms with Gasteiger partial charge >= 0.3 is 0 Å². The van der Waals surface area contributed by atoms with Gasteiger partial charge < -0.3 is 9.15 Å². The molecule has 2 unspecified atom stereocenters. The summed E-state index contributed by atoms with van der Waals surface area (Å²) < 4.78 is 12.4. The van der Waals surface area contributed by atoms with Gasteiger partial charge in [0.15, 0.2) is 0 Å². The summed E-state index contributed by atoms with van der Waals surface area (Å²) >= 11 is 0. The second-order valence-corrected chi connectivity index (χ2v) is 8.84. The van der Waals surface area contributed by atoms with E-state index in [-0.39, 0.29) is 11.8 Å². The fourth-order valence-corrected chi connectivity index (χ4v) is 4.67. The van der Waals surface area contributed by atoms with Crippen LogP contribution in [0.15, 0.2) is 112 Å². The molecule has 0 saturated heterocycles. The summed E-state index contributed by atoms with van der Waals surface area (Å²) in [7, 11) is 1.86. The lowest BCUT2D eigenvalue weighted by Crippen LogP contribution is -2.10. The number of fused-ring (bicyclic) bond motifs is 3. The van der Waals surface area contributed by atoms with E-state index in [1.807, 2.05) is 64.2 Å². The third-order valence-corrected chi connectivity index (χ3v) is 6.47. The van der Waals surface area contributed by atoms with Crippen molar-refractivity contribution in [3.8, 4) is 0 Å². The number of benzene rings is 1. The summed E-state index contributed by atoms with van der Waals surface area (Å²) in [5.41, 5.74) is 4.18. The molecule has 6 heteroatoms. The maximum Gasteiger partial charge on any atom is 0.134 e. The van der Waals surface area contributed by atoms with Gasteiger partial charge in [0.1, 0.15) is 22.8 Å². The van der Waals surface area contributed by atoms with Crippen LogP contribution in [0, 0.1) is 5.92 Å². The van der Waals surface area contributed by atoms with Crippen LogP contribution in [-0.4, -0.2) is 23.6 Å². The Morgan fingerprint density at radius 3 is 2.76 bits per heavy atom. The minimum absolute atomic E-state index is 0.105. The first-order valence-electron chi connectivity index (χ1n) is 13.3. The average molecular weight is 509 g/mol. The van der Waals surface area contributed by atoms with E-state index in [2.05, 4.69) is 64.4 Å². The SMILES string of the molecule is C=C(N=NN(C)C1=CC(OCC)=CC(C2CCC=Cc3c2oc2ccccc32)C=C1)c1ccccn1.CC. The molecule has 38 heavy (non-hydrogen) atoms. The van der Waals surface area contributed by atoms with Crippen LogP contribution in [0.2, 0.25) is 0 Å². The first-order chi connectivity index (χ1) is 18.6. The molecule has 0 saturated carbocycles. The number of likely N-dealkylation sites (N-methyl/N-ethyl adjacent to an activating group) is 1. The third kappa shape index (κ3) is 6.02. The molecular formula is C32H36N4O2. The maximum atomic E-state index is 6.42. The van der Waals surface area contributed by atoms with Crippen molar-refractivity contribution in [3.05, 3.63) is 114 Å². The zero-order chi connectivity index (χ0) is 26.9. The van der Waals surface area contributed by atoms with Crippen molar-refractivity contribution >= 4 is 22.7 Å². The molecule has 0 fully saturated rings. The zero-order valence-corrected chi connectivity index (χ0v) is 22.7. The van der Waals surface area contributed by atoms with Gasteiger partial charge in [-0.1, -0.05) is 68.1 Å². The van der Waals surface area contributed by atoms with Crippen LogP contribution in [-0.2, 0) is 4.74 Å². The second-order valence-electron chi connectivity index (χ2n) is 8.84. The van der Waals surface area contributed by atoms with E-state index >= 15 is 0 Å². The van der Waals surface area contributed by atoms with Crippen molar-refractivity contribution in [1.82, 2.24) is 9.99 Å². The number of para-hydroxylation sites is 1. The Kier molecular flexibility index (Phi) is 9.09. The largest absolute Gasteiger partial charge is 0.494 e. The van der Waals surface area contributed by atoms with E-state index in [0.717, 1.165) is 41.0 Å². The Labute approximate surface area is 225 Å². The van der Waals surface area contributed by atoms with Crippen LogP contribution in [0.25, 0.3) is 22.7 Å². The number of furan rings is 1. The van der Waals surface area contributed by atoms with Crippen molar-refractivity contribution < 1.29 is 9.15 Å². The van der Waals surface area contributed by atoms with Crippen molar-refractivity contribution in [1.29, 1.82) is 0 Å². The number of hydrogen-bond acceptors (Lipinski definition) is 5. The molecule has 5 rings (SSSR count). The minimum Gasteiger partial charge on any atom is -0.494 e. The maximum absolute atomic E-state index is 6.42. The quantitative estimate of drug-likeness (QED) is 0.236. The molecule has 0 N–H and O–H groups in total. The highest BCUT2D eigenvalue weighted by Gasteiger charge is 2.29. The van der Waals surface area contributed by atoms with Crippen LogP contribution in [0.4, 0.5) is 0 Å². The van der Waals surface area contributed by atoms with Crippen LogP contribution in [0.3, 0.4) is 0 Å². The van der Waals surface area contributed by atoms with Crippen LogP contribution < -0.4 is 0 Å². The van der Waals surface area contributed by atoms with Gasteiger partial charge in [-0.05, 0) is 50.1 Å². The number of pyridine rings is 1. The first-order valence-corrected chi connectivity index (χ1v) is 13.3. The van der Waals surface area contributed by atoms with E-state index in [1.54, 1.807) is 11.2 Å². The molecule has 0 aliphatic heterocycles. The number of allylic oxidation sites excluding steroid dienone is 5. The van der Waals surface area contributed by atoms with Crippen LogP contribution >= 0.6 is 0 Å². The van der Waals surface area contributed by atoms with Gasteiger partial charge in [-0.3, -0.25) is 4.98 Å². The highest BCUT2D eigenvalue weighted by atomic mass is 16.5. The van der Waals surface area contributed by atoms with E-state index in [4.69, 9.17) is 9.15 Å². The summed E-state index contributed by atoms with van der Waals surface area (Å²) in [5, 5.41) is 11.5. The summed E-state index contributed by atoms with van der Waals surface area (Å²) in [6, 6.07) is 13.9. The number of rotatable bonds is 7. The topological polar surface area (TPSA) is 63.2 Å². The lowest BCUT2D eigenvalue weighted by Gasteiger charge is -2.20. The third-order valence-electron chi connectivity index (χ3n) is 6.47. The predicted octanol–water partition coefficient (Wildman–Crippen LogP) is 8.70. The number of nitrogens with zero attached hydrogens (tertiary/aromatic N) is 4. The van der Waals surface area contributed by atoms with Crippen molar-refractivity contribution in [3.63, 3.8) is 0 Å². The van der Waals surface area contributed by atoms with Gasteiger partial charge in [-0.15, -0.1) is 5.11 Å². The highest BCUT2D eigenvalue weighted by molar-refractivity contribution is 5.89. The lowest BCUT2D eigenvalue weighted by molar-refractivity contribution is 0.238. The number of hydrogen-bond donors (Lipinski definition) is 0. The Bertz CT molecular complexity index is 1400. The van der Waals surface area contributed by atoms with Gasteiger partial charge in [0.05, 0.1) is 18.0 Å². The molecule has 2 heterocycles. The minimum atomic E-state index is 0.105. The number of ether oxygens (including phenoxy) is 1. The van der Waals surface area contributed by atoms with Crippen LogP contribution in [0.5, 0.6) is 0 Å². The molecule has 196 valence electrons. The fraction of sp³-hybridized carbons (Fsp3) is 0.281. The molecule has 2 aromatic heterocycles. The average Bonchev–Trinajstić information content (AvgIpc) is 3.08. The molecule has 0 radical (unpaired) electrons. The smallest absolute Gasteiger partial charge is 0.134 e. The molecule has 2 aliphatic carbocycles. The molecule has 0 spiro atoms. The van der Waals surface area contributed by atoms with Crippen molar-refractivity contribution in [2.24, 2.45) is 16.3 Å². The Balaban J connectivity index is 0.00000164. The van der Waals surface area contributed by atoms with Gasteiger partial charge in [0.2, 0.25) is 0 Å². The monoisotopic (exact) mass is 508 g/mol. The summed E-state index contributed by atoms with van der Waals surface area (Å²) in [6.45, 7) is 10.6. The molecule has 3 aromatic rings. The van der Waals surface area contributed by atoms with Crippen LogP contribution in [0.1, 0.15) is 56.5 Å². The van der Waals surface area contributed by atoms with E-state index in [1.165, 1.54) is 5.56 Å². The number of aromatic nitrogens is 1. The molecule has 2 atom stereocenters. The summed E-state index contributed by atoms with van der Waals surface area (Å²) in [4.78, 5) is 4.28. The van der Waals surface area contributed by atoms with Gasteiger partial charge in [-0.2, -0.15) is 0 Å². The zero-order valence-electron chi connectivity index (χ0n) is 22.7. The highest BCUT2D eigenvalue weighted by Crippen LogP contribution is 2.42. The van der Waals surface area contributed by atoms with Gasteiger partial charge in [0, 0.05) is 42.1 Å². The van der Waals surface area contributed by atoms with E-state index < -0.39 is 0 Å². The van der Waals surface area contributed by atoms with E-state index in [9.17, 15) is 0 Å². The van der Waals surface area contributed by atoms with Crippen molar-refractivity contribution in [2.75, 3.05) is 13.7 Å². The molecule has 1 aromatic carbocycles. The Morgan fingerprint density at radius 2 is 1.97 bits per heavy atom. The second kappa shape index (κ2) is 12.9. The molecule has 6 nitrogen and oxygen atoms in total. The molecule has 0 amide bonds. The summed E-state index contributed by atoms with van der Waals surface area (Å²) in [6.07, 6.45) is 16.6. The van der Waals surface area contributed by atoms with Gasteiger partial charge in [-0.25, -0.2) is 5.01 Å². The lowest BCUT2D eigenvalue weighted by atomic mass is 9.85. The van der Waals surface area contributed by atoms with Crippen molar-refractivity contribution in [2.45, 2.75) is 39.5 Å². The predicted molar refractivity (Wildman–Crippen MR) is 155 cm³/mol. The Morgan fingerprint density at radius 1 is 1.16 bits per heavy atom. The first kappa shape index (κ1) is 26.9. The standard InChI is InChI=1S/C30H30N4O2.C2H6/c1-4-35-24-19-22(25-11-5-6-13-27-26-12-7-8-15-29(26)36-30(25)27)16-17-23(20-24)34(3)33-32-21(2)28-14-9-10-18-31-28;1-2/h6-10,12-20,22,25H,2,4-5,11H2,1,3H3;1-2H3. The summed E-state index contributed by atoms with van der Waals surface area (Å²) in [5.74, 6) is 2.14. The van der Waals surface area contributed by atoms with Gasteiger partial charge in [0.25, 0.3) is 0 Å². The molecule has 2 aliphatic rings. The Hall–Kier alpha value is -4.19. The normalized spacial score (nSPS) is 18.5. The molecular weight excluding hydrogens is 472 g/mol. The van der Waals surface area contributed by atoms with E-state index in [0.29, 0.717) is 18.0 Å².